The average Bonchev–Trinajstić information content (AvgIpc) is 2.60. The smallest absolute Gasteiger partial charge is 0.342 e. The Balaban J connectivity index is 1.94. The van der Waals surface area contributed by atoms with Gasteiger partial charge in [-0.1, -0.05) is 30.3 Å². The molecule has 0 saturated carbocycles. The number of hydrogen-bond acceptors (Lipinski definition) is 5. The molecule has 2 aromatic carbocycles. The van der Waals surface area contributed by atoms with Gasteiger partial charge in [-0.15, -0.1) is 0 Å². The van der Waals surface area contributed by atoms with Gasteiger partial charge in [0.2, 0.25) is 0 Å². The maximum atomic E-state index is 12.1. The minimum atomic E-state index is -0.994. The monoisotopic (exact) mass is 329 g/mol. The first-order valence-electron chi connectivity index (χ1n) is 7.41. The molecule has 0 spiro atoms. The Morgan fingerprint density at radius 2 is 1.88 bits per heavy atom. The van der Waals surface area contributed by atoms with Crippen molar-refractivity contribution < 1.29 is 24.2 Å². The number of hydrogen-bond donors (Lipinski definition) is 2. The molecule has 24 heavy (non-hydrogen) atoms. The van der Waals surface area contributed by atoms with Crippen molar-refractivity contribution in [1.29, 1.82) is 0 Å². The molecular formula is C18H19NO5. The summed E-state index contributed by atoms with van der Waals surface area (Å²) in [5, 5.41) is 12.4. The maximum absolute atomic E-state index is 12.1. The summed E-state index contributed by atoms with van der Waals surface area (Å²) in [6.45, 7) is 1.81. The van der Waals surface area contributed by atoms with Gasteiger partial charge in [-0.25, -0.2) is 4.79 Å². The second kappa shape index (κ2) is 8.01. The van der Waals surface area contributed by atoms with Crippen molar-refractivity contribution >= 4 is 11.9 Å². The van der Waals surface area contributed by atoms with Gasteiger partial charge < -0.3 is 19.9 Å². The largest absolute Gasteiger partial charge is 0.507 e. The first-order chi connectivity index (χ1) is 11.5. The molecule has 0 saturated heterocycles. The third-order valence-corrected chi connectivity index (χ3v) is 3.39. The molecule has 0 aliphatic carbocycles. The molecule has 0 unspecified atom stereocenters. The fourth-order valence-corrected chi connectivity index (χ4v) is 2.01. The molecule has 0 radical (unpaired) electrons. The number of amides is 1. The summed E-state index contributed by atoms with van der Waals surface area (Å²) >= 11 is 0. The van der Waals surface area contributed by atoms with E-state index in [0.717, 1.165) is 5.56 Å². The van der Waals surface area contributed by atoms with Crippen LogP contribution in [0.1, 0.15) is 22.8 Å². The molecule has 0 aliphatic heterocycles. The van der Waals surface area contributed by atoms with E-state index in [1.165, 1.54) is 32.2 Å². The average molecular weight is 329 g/mol. The van der Waals surface area contributed by atoms with Gasteiger partial charge in [-0.2, -0.15) is 0 Å². The lowest BCUT2D eigenvalue weighted by atomic mass is 10.2. The summed E-state index contributed by atoms with van der Waals surface area (Å²) in [7, 11) is 1.45. The number of aromatic hydroxyl groups is 1. The Kier molecular flexibility index (Phi) is 5.78. The van der Waals surface area contributed by atoms with Crippen LogP contribution in [0.2, 0.25) is 0 Å². The van der Waals surface area contributed by atoms with Gasteiger partial charge in [0, 0.05) is 6.54 Å². The van der Waals surface area contributed by atoms with Crippen LogP contribution >= 0.6 is 0 Å². The summed E-state index contributed by atoms with van der Waals surface area (Å²) in [4.78, 5) is 24.1. The Bertz CT molecular complexity index is 715. The lowest BCUT2D eigenvalue weighted by Crippen LogP contribution is -2.35. The number of rotatable bonds is 6. The van der Waals surface area contributed by atoms with Crippen LogP contribution in [0.4, 0.5) is 0 Å². The highest BCUT2D eigenvalue weighted by Gasteiger charge is 2.21. The zero-order valence-electron chi connectivity index (χ0n) is 13.5. The highest BCUT2D eigenvalue weighted by atomic mass is 16.5. The van der Waals surface area contributed by atoms with Crippen molar-refractivity contribution in [2.75, 3.05) is 7.11 Å². The maximum Gasteiger partial charge on any atom is 0.342 e. The number of ether oxygens (including phenoxy) is 2. The van der Waals surface area contributed by atoms with E-state index in [-0.39, 0.29) is 11.3 Å². The molecule has 1 atom stereocenters. The number of nitrogens with one attached hydrogen (secondary N) is 1. The molecule has 0 fully saturated rings. The third kappa shape index (κ3) is 4.49. The Hall–Kier alpha value is -3.02. The molecule has 0 aliphatic rings. The number of methoxy groups -OCH3 is 1. The molecule has 6 heteroatoms. The van der Waals surface area contributed by atoms with E-state index in [2.05, 4.69) is 5.32 Å². The summed E-state index contributed by atoms with van der Waals surface area (Å²) in [6.07, 6.45) is -0.994. The molecule has 2 aromatic rings. The van der Waals surface area contributed by atoms with E-state index < -0.39 is 18.0 Å². The number of carbonyl (C=O) groups is 2. The van der Waals surface area contributed by atoms with E-state index in [1.807, 2.05) is 30.3 Å². The standard InChI is InChI=1S/C18H19NO5/c1-12(17(21)19-11-13-6-4-3-5-7-13)24-18(22)15-10-14(23-2)8-9-16(15)20/h3-10,12,20H,11H2,1-2H3,(H,19,21)/t12-/m0/s1. The number of carbonyl (C=O) groups excluding carboxylic acids is 2. The van der Waals surface area contributed by atoms with Crippen LogP contribution in [0.25, 0.3) is 0 Å². The number of phenolic OH excluding ortho intramolecular Hbond substituents is 1. The van der Waals surface area contributed by atoms with Crippen molar-refractivity contribution in [3.8, 4) is 11.5 Å². The predicted molar refractivity (Wildman–Crippen MR) is 87.8 cm³/mol. The molecule has 6 nitrogen and oxygen atoms in total. The van der Waals surface area contributed by atoms with Crippen LogP contribution in [0.3, 0.4) is 0 Å². The van der Waals surface area contributed by atoms with Crippen LogP contribution in [0.5, 0.6) is 11.5 Å². The van der Waals surface area contributed by atoms with E-state index in [0.29, 0.717) is 12.3 Å². The first kappa shape index (κ1) is 17.3. The summed E-state index contributed by atoms with van der Waals surface area (Å²) in [5.41, 5.74) is 0.881. The molecule has 2 N–H and O–H groups in total. The molecular weight excluding hydrogens is 310 g/mol. The van der Waals surface area contributed by atoms with Gasteiger partial charge in [0.05, 0.1) is 7.11 Å². The van der Waals surface area contributed by atoms with Crippen molar-refractivity contribution in [2.45, 2.75) is 19.6 Å². The zero-order chi connectivity index (χ0) is 17.5. The summed E-state index contributed by atoms with van der Waals surface area (Å²) in [5.74, 6) is -1.05. The van der Waals surface area contributed by atoms with Gasteiger partial charge >= 0.3 is 5.97 Å². The quantitative estimate of drug-likeness (QED) is 0.794. The van der Waals surface area contributed by atoms with Crippen molar-refractivity contribution in [3.63, 3.8) is 0 Å². The number of benzene rings is 2. The zero-order valence-corrected chi connectivity index (χ0v) is 13.5. The minimum absolute atomic E-state index is 0.0583. The molecule has 0 heterocycles. The molecule has 126 valence electrons. The fraction of sp³-hybridized carbons (Fsp3) is 0.222. The van der Waals surface area contributed by atoms with Crippen molar-refractivity contribution in [3.05, 3.63) is 59.7 Å². The third-order valence-electron chi connectivity index (χ3n) is 3.39. The number of esters is 1. The van der Waals surface area contributed by atoms with Gasteiger partial charge in [0.1, 0.15) is 17.1 Å². The van der Waals surface area contributed by atoms with E-state index in [1.54, 1.807) is 0 Å². The van der Waals surface area contributed by atoms with Crippen LogP contribution in [-0.4, -0.2) is 30.2 Å². The van der Waals surface area contributed by atoms with Crippen molar-refractivity contribution in [1.82, 2.24) is 5.32 Å². The Labute approximate surface area is 140 Å². The van der Waals surface area contributed by atoms with Crippen LogP contribution < -0.4 is 10.1 Å². The lowest BCUT2D eigenvalue weighted by Gasteiger charge is -2.14. The Morgan fingerprint density at radius 1 is 1.17 bits per heavy atom. The van der Waals surface area contributed by atoms with Crippen LogP contribution in [-0.2, 0) is 16.1 Å². The normalized spacial score (nSPS) is 11.4. The topological polar surface area (TPSA) is 84.9 Å². The molecule has 0 bridgehead atoms. The highest BCUT2D eigenvalue weighted by Crippen LogP contribution is 2.23. The highest BCUT2D eigenvalue weighted by molar-refractivity contribution is 5.95. The molecule has 1 amide bonds. The van der Waals surface area contributed by atoms with Gasteiger partial charge in [-0.3, -0.25) is 4.79 Å². The second-order valence-electron chi connectivity index (χ2n) is 5.13. The SMILES string of the molecule is COc1ccc(O)c(C(=O)O[C@@H](C)C(=O)NCc2ccccc2)c1. The van der Waals surface area contributed by atoms with Gasteiger partial charge in [-0.05, 0) is 30.7 Å². The van der Waals surface area contributed by atoms with Gasteiger partial charge in [0.15, 0.2) is 6.10 Å². The predicted octanol–water partition coefficient (Wildman–Crippen LogP) is 2.26. The van der Waals surface area contributed by atoms with Crippen LogP contribution in [0.15, 0.2) is 48.5 Å². The van der Waals surface area contributed by atoms with Gasteiger partial charge in [0.25, 0.3) is 5.91 Å². The fourth-order valence-electron chi connectivity index (χ4n) is 2.01. The van der Waals surface area contributed by atoms with E-state index in [9.17, 15) is 14.7 Å². The van der Waals surface area contributed by atoms with Crippen LogP contribution in [0, 0.1) is 0 Å². The van der Waals surface area contributed by atoms with E-state index in [4.69, 9.17) is 9.47 Å². The first-order valence-corrected chi connectivity index (χ1v) is 7.41. The summed E-state index contributed by atoms with van der Waals surface area (Å²) < 4.78 is 10.1. The molecule has 0 aromatic heterocycles. The second-order valence-corrected chi connectivity index (χ2v) is 5.13. The molecule has 2 rings (SSSR count). The summed E-state index contributed by atoms with van der Waals surface area (Å²) in [6, 6.07) is 13.6. The lowest BCUT2D eigenvalue weighted by molar-refractivity contribution is -0.129. The van der Waals surface area contributed by atoms with E-state index >= 15 is 0 Å². The number of phenols is 1. The van der Waals surface area contributed by atoms with Crippen molar-refractivity contribution in [2.24, 2.45) is 0 Å². The Morgan fingerprint density at radius 3 is 2.54 bits per heavy atom. The minimum Gasteiger partial charge on any atom is -0.507 e.